The van der Waals surface area contributed by atoms with Gasteiger partial charge in [0.1, 0.15) is 5.97 Å². The minimum atomic E-state index is -7.48. The normalized spacial score (nSPS) is 15.5. The van der Waals surface area contributed by atoms with Gasteiger partial charge < -0.3 is 9.90 Å². The molecule has 0 fully saturated rings. The van der Waals surface area contributed by atoms with Gasteiger partial charge >= 0.3 is 29.1 Å². The molecule has 0 saturated carbocycles. The Morgan fingerprint density at radius 1 is 0.737 bits per heavy atom. The number of hydrogen-bond donors (Lipinski definition) is 0. The zero-order valence-electron chi connectivity index (χ0n) is 7.97. The first kappa shape index (κ1) is 18.1. The first-order valence-corrected chi connectivity index (χ1v) is 4.12. The fourth-order valence-corrected chi connectivity index (χ4v) is 0.819. The minimum Gasteiger partial charge on any atom is -0.544 e. The molecule has 0 aromatic heterocycles. The Morgan fingerprint density at radius 2 is 1.05 bits per heavy atom. The summed E-state index contributed by atoms with van der Waals surface area (Å²) in [6.07, 6.45) is 0. The molecule has 13 heteroatoms. The molecule has 0 bridgehead atoms. The molecule has 0 amide bonds. The number of hydrogen-bond acceptors (Lipinski definition) is 2. The molecule has 0 aliphatic heterocycles. The third-order valence-corrected chi connectivity index (χ3v) is 2.03. The second-order valence-corrected chi connectivity index (χ2v) is 3.56. The average molecular weight is 329 g/mol. The van der Waals surface area contributed by atoms with Gasteiger partial charge in [-0.05, 0) is 11.6 Å². The van der Waals surface area contributed by atoms with Gasteiger partial charge in [0, 0.05) is 0 Å². The lowest BCUT2D eigenvalue weighted by molar-refractivity contribution is -0.405. The fourth-order valence-electron chi connectivity index (χ4n) is 0.701. The maximum atomic E-state index is 12.5. The maximum Gasteiger partial charge on any atom is 0.393 e. The van der Waals surface area contributed by atoms with E-state index in [1.165, 1.54) is 0 Å². The zero-order chi connectivity index (χ0) is 16.1. The summed E-state index contributed by atoms with van der Waals surface area (Å²) in [5.41, 5.74) is 0. The van der Waals surface area contributed by atoms with Crippen molar-refractivity contribution in [2.24, 2.45) is 0 Å². The topological polar surface area (TPSA) is 40.1 Å². The molecule has 0 aromatic carbocycles. The molecule has 0 heterocycles. The van der Waals surface area contributed by atoms with Crippen LogP contribution in [-0.2, 0) is 4.79 Å². The van der Waals surface area contributed by atoms with E-state index < -0.39 is 35.0 Å². The number of rotatable bonds is 5. The molecule has 2 nitrogen and oxygen atoms in total. The molecule has 0 spiro atoms. The van der Waals surface area contributed by atoms with Crippen molar-refractivity contribution in [1.29, 1.82) is 0 Å². The van der Waals surface area contributed by atoms with Gasteiger partial charge in [-0.2, -0.15) is 43.9 Å². The second-order valence-electron chi connectivity index (χ2n) is 3.08. The number of aliphatic carboxylic acids is 1. The SMILES string of the molecule is O=C([O-])C(F)(F)C(F)(F)C(F)(F)C(F)(F)C(F)(F)Cl. The van der Waals surface area contributed by atoms with E-state index >= 15 is 0 Å². The summed E-state index contributed by atoms with van der Waals surface area (Å²) >= 11 is 3.44. The Kier molecular flexibility index (Phi) is 4.07. The molecule has 0 aliphatic carbocycles. The number of carbonyl (C=O) groups excluding carboxylic acids is 1. The summed E-state index contributed by atoms with van der Waals surface area (Å²) in [5.74, 6) is -33.0. The van der Waals surface area contributed by atoms with Crippen molar-refractivity contribution >= 4 is 17.6 Å². The Labute approximate surface area is 101 Å². The molecule has 114 valence electrons. The molecule has 0 N–H and O–H groups in total. The van der Waals surface area contributed by atoms with E-state index in [9.17, 15) is 53.8 Å². The Hall–Kier alpha value is -0.940. The van der Waals surface area contributed by atoms with Crippen molar-refractivity contribution in [3.05, 3.63) is 0 Å². The number of halogens is 11. The van der Waals surface area contributed by atoms with Crippen molar-refractivity contribution in [2.75, 3.05) is 0 Å². The lowest BCUT2D eigenvalue weighted by atomic mass is 9.98. The summed E-state index contributed by atoms with van der Waals surface area (Å²) in [7, 11) is 0. The molecule has 0 unspecified atom stereocenters. The van der Waals surface area contributed by atoms with Crippen LogP contribution < -0.4 is 5.11 Å². The van der Waals surface area contributed by atoms with E-state index in [-0.39, 0.29) is 0 Å². The zero-order valence-corrected chi connectivity index (χ0v) is 8.73. The number of alkyl halides is 11. The lowest BCUT2D eigenvalue weighted by Crippen LogP contribution is -2.69. The molecular weight excluding hydrogens is 329 g/mol. The van der Waals surface area contributed by atoms with E-state index in [0.29, 0.717) is 0 Å². The van der Waals surface area contributed by atoms with E-state index in [0.717, 1.165) is 0 Å². The number of carbonyl (C=O) groups is 1. The van der Waals surface area contributed by atoms with E-state index in [2.05, 4.69) is 11.6 Å². The predicted molar refractivity (Wildman–Crippen MR) is 35.6 cm³/mol. The van der Waals surface area contributed by atoms with Crippen molar-refractivity contribution in [3.8, 4) is 0 Å². The van der Waals surface area contributed by atoms with Gasteiger partial charge in [0.05, 0.1) is 0 Å². The molecular formula is C6ClF10O2-. The molecule has 19 heavy (non-hydrogen) atoms. The summed E-state index contributed by atoms with van der Waals surface area (Å²) in [6, 6.07) is 0. The van der Waals surface area contributed by atoms with Gasteiger partial charge in [-0.25, -0.2) is 0 Å². The quantitative estimate of drug-likeness (QED) is 0.572. The molecule has 0 saturated heterocycles. The monoisotopic (exact) mass is 329 g/mol. The van der Waals surface area contributed by atoms with Gasteiger partial charge in [0.25, 0.3) is 0 Å². The van der Waals surface area contributed by atoms with Crippen molar-refractivity contribution in [1.82, 2.24) is 0 Å². The Bertz CT molecular complexity index is 373. The highest BCUT2D eigenvalue weighted by Crippen LogP contribution is 2.57. The molecule has 0 aliphatic rings. The smallest absolute Gasteiger partial charge is 0.393 e. The van der Waals surface area contributed by atoms with Crippen molar-refractivity contribution < 1.29 is 53.8 Å². The average Bonchev–Trinajstić information content (AvgIpc) is 2.14. The van der Waals surface area contributed by atoms with Gasteiger partial charge in [0.2, 0.25) is 0 Å². The largest absolute Gasteiger partial charge is 0.544 e. The Morgan fingerprint density at radius 3 is 1.26 bits per heavy atom. The highest BCUT2D eigenvalue weighted by molar-refractivity contribution is 6.22. The predicted octanol–water partition coefficient (Wildman–Crippen LogP) is 2.11. The van der Waals surface area contributed by atoms with Crippen LogP contribution >= 0.6 is 11.6 Å². The van der Waals surface area contributed by atoms with Crippen molar-refractivity contribution in [2.45, 2.75) is 29.1 Å². The van der Waals surface area contributed by atoms with Crippen LogP contribution in [0.2, 0.25) is 0 Å². The first-order chi connectivity index (χ1) is 7.94. The second kappa shape index (κ2) is 4.28. The number of carboxylic acid groups (broad SMARTS) is 1. The van der Waals surface area contributed by atoms with E-state index in [1.54, 1.807) is 0 Å². The third kappa shape index (κ3) is 2.30. The molecule has 0 atom stereocenters. The molecule has 0 aromatic rings. The van der Waals surface area contributed by atoms with Crippen LogP contribution in [0, 0.1) is 0 Å². The van der Waals surface area contributed by atoms with Crippen LogP contribution in [0.3, 0.4) is 0 Å². The van der Waals surface area contributed by atoms with Crippen molar-refractivity contribution in [3.63, 3.8) is 0 Å². The first-order valence-electron chi connectivity index (χ1n) is 3.74. The van der Waals surface area contributed by atoms with E-state index in [4.69, 9.17) is 0 Å². The number of carboxylic acids is 1. The summed E-state index contributed by atoms with van der Waals surface area (Å²) in [6.45, 7) is 0. The molecule has 0 radical (unpaired) electrons. The van der Waals surface area contributed by atoms with Gasteiger partial charge in [-0.3, -0.25) is 0 Å². The highest BCUT2D eigenvalue weighted by atomic mass is 35.5. The summed E-state index contributed by atoms with van der Waals surface area (Å²) < 4.78 is 123. The van der Waals surface area contributed by atoms with Crippen LogP contribution in [-0.4, -0.2) is 35.0 Å². The van der Waals surface area contributed by atoms with Crippen LogP contribution in [0.5, 0.6) is 0 Å². The van der Waals surface area contributed by atoms with Crippen LogP contribution in [0.1, 0.15) is 0 Å². The Balaban J connectivity index is 5.99. The van der Waals surface area contributed by atoms with Gasteiger partial charge in [0.15, 0.2) is 0 Å². The minimum absolute atomic E-state index is 3.44. The van der Waals surface area contributed by atoms with Crippen LogP contribution in [0.25, 0.3) is 0 Å². The van der Waals surface area contributed by atoms with E-state index in [1.807, 2.05) is 0 Å². The standard InChI is InChI=1S/C6HClF10O2/c7-6(16,17)5(14,15)4(12,13)3(10,11)2(8,9)1(18)19/h(H,18,19)/p-1. The van der Waals surface area contributed by atoms with Crippen LogP contribution in [0.4, 0.5) is 43.9 Å². The van der Waals surface area contributed by atoms with Crippen LogP contribution in [0.15, 0.2) is 0 Å². The maximum absolute atomic E-state index is 12.5. The lowest BCUT2D eigenvalue weighted by Gasteiger charge is -2.37. The summed E-state index contributed by atoms with van der Waals surface area (Å²) in [5, 5.41) is 3.21. The fraction of sp³-hybridized carbons (Fsp3) is 0.833. The third-order valence-electron chi connectivity index (χ3n) is 1.80. The molecule has 0 rings (SSSR count). The highest BCUT2D eigenvalue weighted by Gasteiger charge is 2.86. The van der Waals surface area contributed by atoms with Gasteiger partial charge in [-0.1, -0.05) is 0 Å². The van der Waals surface area contributed by atoms with Gasteiger partial charge in [-0.15, -0.1) is 0 Å². The summed E-state index contributed by atoms with van der Waals surface area (Å²) in [4.78, 5) is 9.55.